The number of hydrazone groups is 2. The zero-order valence-corrected chi connectivity index (χ0v) is 21.6. The summed E-state index contributed by atoms with van der Waals surface area (Å²) < 4.78 is 5.34. The van der Waals surface area contributed by atoms with Gasteiger partial charge in [0, 0.05) is 21.4 Å². The molecule has 12 heteroatoms. The van der Waals surface area contributed by atoms with Crippen LogP contribution in [0.3, 0.4) is 0 Å². The number of carbonyl (C=O) groups excluding carboxylic acids is 1. The molecule has 0 radical (unpaired) electrons. The molecular weight excluding hydrogens is 512 g/mol. The van der Waals surface area contributed by atoms with E-state index in [2.05, 4.69) is 25.6 Å². The van der Waals surface area contributed by atoms with Gasteiger partial charge in [0.25, 0.3) is 0 Å². The van der Waals surface area contributed by atoms with Crippen molar-refractivity contribution in [1.82, 2.24) is 9.97 Å². The van der Waals surface area contributed by atoms with Gasteiger partial charge in [0.05, 0.1) is 24.1 Å². The molecule has 37 heavy (non-hydrogen) atoms. The minimum absolute atomic E-state index is 0.112. The van der Waals surface area contributed by atoms with E-state index in [1.165, 1.54) is 39.8 Å². The van der Waals surface area contributed by atoms with E-state index in [9.17, 15) is 9.59 Å². The molecule has 0 fully saturated rings. The maximum Gasteiger partial charge on any atom is 0.335 e. The Morgan fingerprint density at radius 3 is 2.57 bits per heavy atom. The van der Waals surface area contributed by atoms with Gasteiger partial charge in [-0.05, 0) is 38.1 Å². The lowest BCUT2D eigenvalue weighted by atomic mass is 10.1. The smallest absolute Gasteiger partial charge is 0.335 e. The number of ether oxygens (including phenoxy) is 1. The van der Waals surface area contributed by atoms with E-state index in [-0.39, 0.29) is 11.3 Å². The minimum Gasteiger partial charge on any atom is -0.497 e. The van der Waals surface area contributed by atoms with Gasteiger partial charge >= 0.3 is 11.9 Å². The molecule has 2 aromatic heterocycles. The predicted molar refractivity (Wildman–Crippen MR) is 144 cm³/mol. The summed E-state index contributed by atoms with van der Waals surface area (Å²) >= 11 is 2.68. The summed E-state index contributed by atoms with van der Waals surface area (Å²) in [5.41, 5.74) is 6.42. The number of benzene rings is 2. The van der Waals surface area contributed by atoms with Crippen LogP contribution in [0, 0.1) is 13.8 Å². The Bertz CT molecular complexity index is 1550. The first-order valence-electron chi connectivity index (χ1n) is 11.0. The molecule has 0 atom stereocenters. The van der Waals surface area contributed by atoms with Gasteiger partial charge in [-0.1, -0.05) is 24.3 Å². The largest absolute Gasteiger partial charge is 0.497 e. The molecule has 0 saturated heterocycles. The van der Waals surface area contributed by atoms with E-state index in [0.717, 1.165) is 16.1 Å². The molecule has 1 aliphatic rings. The quantitative estimate of drug-likeness (QED) is 0.327. The summed E-state index contributed by atoms with van der Waals surface area (Å²) in [4.78, 5) is 34.7. The average Bonchev–Trinajstić information content (AvgIpc) is 3.60. The number of anilines is 2. The van der Waals surface area contributed by atoms with Gasteiger partial charge < -0.3 is 9.84 Å². The Kier molecular flexibility index (Phi) is 6.51. The predicted octanol–water partition coefficient (Wildman–Crippen LogP) is 4.81. The molecule has 0 spiro atoms. The van der Waals surface area contributed by atoms with Gasteiger partial charge in [-0.3, -0.25) is 10.2 Å². The summed E-state index contributed by atoms with van der Waals surface area (Å²) in [6, 6.07) is 13.6. The number of methoxy groups -OCH3 is 1. The summed E-state index contributed by atoms with van der Waals surface area (Å²) in [7, 11) is 1.57. The molecule has 186 valence electrons. The highest BCUT2D eigenvalue weighted by Gasteiger charge is 2.36. The van der Waals surface area contributed by atoms with Crippen LogP contribution in [-0.2, 0) is 4.79 Å². The van der Waals surface area contributed by atoms with Crippen molar-refractivity contribution in [2.45, 2.75) is 13.8 Å². The van der Waals surface area contributed by atoms with Crippen molar-refractivity contribution in [1.29, 1.82) is 0 Å². The van der Waals surface area contributed by atoms with Gasteiger partial charge in [-0.25, -0.2) is 14.8 Å². The maximum atomic E-state index is 13.5. The van der Waals surface area contributed by atoms with Crippen molar-refractivity contribution in [3.63, 3.8) is 0 Å². The number of aromatic nitrogens is 2. The lowest BCUT2D eigenvalue weighted by Gasteiger charge is -2.06. The molecule has 0 bridgehead atoms. The zero-order chi connectivity index (χ0) is 26.1. The van der Waals surface area contributed by atoms with E-state index in [1.54, 1.807) is 36.8 Å². The molecule has 0 saturated carbocycles. The Hall–Kier alpha value is -4.42. The Labute approximate surface area is 219 Å². The van der Waals surface area contributed by atoms with Crippen molar-refractivity contribution >= 4 is 56.2 Å². The number of aryl methyl sites for hydroxylation is 2. The molecule has 3 heterocycles. The number of hydrogen-bond acceptors (Lipinski definition) is 10. The van der Waals surface area contributed by atoms with Crippen LogP contribution in [0.1, 0.15) is 26.5 Å². The molecule has 1 amide bonds. The number of rotatable bonds is 7. The van der Waals surface area contributed by atoms with Crippen LogP contribution in [0.2, 0.25) is 0 Å². The molecule has 5 rings (SSSR count). The average molecular weight is 533 g/mol. The van der Waals surface area contributed by atoms with Crippen molar-refractivity contribution in [2.24, 2.45) is 10.2 Å². The van der Waals surface area contributed by atoms with Crippen LogP contribution < -0.4 is 15.2 Å². The first-order chi connectivity index (χ1) is 17.8. The van der Waals surface area contributed by atoms with Crippen LogP contribution in [0.15, 0.2) is 64.1 Å². The fourth-order valence-electron chi connectivity index (χ4n) is 3.49. The zero-order valence-electron chi connectivity index (χ0n) is 19.9. The van der Waals surface area contributed by atoms with Crippen molar-refractivity contribution < 1.29 is 19.4 Å². The second-order valence-corrected chi connectivity index (χ2v) is 9.97. The highest BCUT2D eigenvalue weighted by molar-refractivity contribution is 7.15. The molecule has 2 aromatic carbocycles. The van der Waals surface area contributed by atoms with E-state index in [1.807, 2.05) is 26.0 Å². The number of carboxylic acids is 1. The maximum absolute atomic E-state index is 13.5. The van der Waals surface area contributed by atoms with Crippen LogP contribution in [0.5, 0.6) is 5.75 Å². The number of nitrogens with zero attached hydrogens (tertiary/aromatic N) is 5. The third-order valence-corrected chi connectivity index (χ3v) is 7.35. The van der Waals surface area contributed by atoms with Crippen molar-refractivity contribution in [2.75, 3.05) is 17.5 Å². The fourth-order valence-corrected chi connectivity index (χ4v) is 5.03. The molecule has 4 aromatic rings. The van der Waals surface area contributed by atoms with Gasteiger partial charge in [-0.15, -0.1) is 22.7 Å². The number of aromatic carboxylic acids is 1. The Balaban J connectivity index is 1.50. The number of amides is 1. The van der Waals surface area contributed by atoms with Crippen LogP contribution in [0.4, 0.5) is 10.3 Å². The third kappa shape index (κ3) is 4.84. The summed E-state index contributed by atoms with van der Waals surface area (Å²) in [6.07, 6.45) is 0. The number of carboxylic acid groups (broad SMARTS) is 1. The van der Waals surface area contributed by atoms with Gasteiger partial charge in [0.1, 0.15) is 11.5 Å². The van der Waals surface area contributed by atoms with Crippen molar-refractivity contribution in [3.8, 4) is 17.0 Å². The van der Waals surface area contributed by atoms with Gasteiger partial charge in [0.15, 0.2) is 5.71 Å². The molecule has 10 nitrogen and oxygen atoms in total. The third-order valence-electron chi connectivity index (χ3n) is 5.56. The van der Waals surface area contributed by atoms with Gasteiger partial charge in [0.2, 0.25) is 10.3 Å². The van der Waals surface area contributed by atoms with E-state index in [4.69, 9.17) is 9.84 Å². The van der Waals surface area contributed by atoms with Crippen LogP contribution in [0.25, 0.3) is 11.3 Å². The minimum atomic E-state index is -1.00. The number of hydrogen-bond donors (Lipinski definition) is 2. The van der Waals surface area contributed by atoms with Crippen LogP contribution in [-0.4, -0.2) is 45.5 Å². The summed E-state index contributed by atoms with van der Waals surface area (Å²) in [5, 5.41) is 22.0. The lowest BCUT2D eigenvalue weighted by molar-refractivity contribution is -0.112. The molecule has 2 N–H and O–H groups in total. The first-order valence-corrected chi connectivity index (χ1v) is 12.7. The Morgan fingerprint density at radius 1 is 1.11 bits per heavy atom. The fraction of sp³-hybridized carbons (Fsp3) is 0.120. The number of carbonyl (C=O) groups is 2. The number of thiazole rings is 2. The molecular formula is C25H20N6O4S2. The highest BCUT2D eigenvalue weighted by Crippen LogP contribution is 2.31. The van der Waals surface area contributed by atoms with Gasteiger partial charge in [-0.2, -0.15) is 15.2 Å². The highest BCUT2D eigenvalue weighted by atomic mass is 32.1. The molecule has 0 aliphatic carbocycles. The molecule has 1 aliphatic heterocycles. The van der Waals surface area contributed by atoms with E-state index < -0.39 is 11.9 Å². The second-order valence-electron chi connectivity index (χ2n) is 7.93. The van der Waals surface area contributed by atoms with E-state index in [0.29, 0.717) is 33.0 Å². The second kappa shape index (κ2) is 9.91. The SMILES string of the molecule is COc1cccc(C2=NN(c3nc(-c4ccc(C(=O)O)cc4)cs3)C(=O)/C2=N\Nc2nc(C)c(C)s2)c1. The molecule has 0 unspecified atom stereocenters. The monoisotopic (exact) mass is 532 g/mol. The van der Waals surface area contributed by atoms with Crippen molar-refractivity contribution in [3.05, 3.63) is 75.6 Å². The standard InChI is InChI=1S/C25H20N6O4S2/c1-13-14(2)37-24(26-13)29-28-21-20(17-5-4-6-18(11-17)35-3)30-31(22(21)32)25-27-19(12-36-25)15-7-9-16(10-8-15)23(33)34/h4-12H,1-3H3,(H,26,29)(H,33,34)/b28-21-. The van der Waals surface area contributed by atoms with E-state index >= 15 is 0 Å². The normalized spacial score (nSPS) is 14.2. The topological polar surface area (TPSA) is 129 Å². The summed E-state index contributed by atoms with van der Waals surface area (Å²) in [6.45, 7) is 3.87. The Morgan fingerprint density at radius 2 is 1.89 bits per heavy atom. The summed E-state index contributed by atoms with van der Waals surface area (Å²) in [5.74, 6) is -0.834. The lowest BCUT2D eigenvalue weighted by Crippen LogP contribution is -2.28. The first kappa shape index (κ1) is 24.3. The van der Waals surface area contributed by atoms with Crippen LogP contribution >= 0.6 is 22.7 Å². The number of nitrogens with one attached hydrogen (secondary N) is 1.